The summed E-state index contributed by atoms with van der Waals surface area (Å²) in [5.41, 5.74) is 2.17. The molecule has 3 fully saturated rings. The van der Waals surface area contributed by atoms with Gasteiger partial charge in [0.2, 0.25) is 0 Å². The van der Waals surface area contributed by atoms with Crippen LogP contribution in [0.25, 0.3) is 10.9 Å². The lowest BCUT2D eigenvalue weighted by Gasteiger charge is -2.41. The first-order chi connectivity index (χ1) is 13.3. The van der Waals surface area contributed by atoms with Crippen molar-refractivity contribution in [1.82, 2.24) is 15.0 Å². The maximum atomic E-state index is 5.75. The average molecular weight is 359 g/mol. The lowest BCUT2D eigenvalue weighted by atomic mass is 9.95. The molecule has 2 bridgehead atoms. The van der Waals surface area contributed by atoms with Crippen LogP contribution in [0.3, 0.4) is 0 Å². The Kier molecular flexibility index (Phi) is 3.35. The zero-order valence-corrected chi connectivity index (χ0v) is 15.0. The first-order valence-electron chi connectivity index (χ1n) is 9.65. The predicted octanol–water partition coefficient (Wildman–Crippen LogP) is 2.61. The number of nitrogens with zero attached hydrogens (tertiary/aromatic N) is 5. The van der Waals surface area contributed by atoms with Crippen molar-refractivity contribution in [3.63, 3.8) is 0 Å². The van der Waals surface area contributed by atoms with Crippen LogP contribution in [-0.4, -0.2) is 53.3 Å². The molecule has 5 heterocycles. The molecule has 3 aliphatic heterocycles. The molecule has 0 amide bonds. The topological polar surface area (TPSA) is 54.4 Å². The van der Waals surface area contributed by atoms with Gasteiger partial charge in [0.1, 0.15) is 5.82 Å². The van der Waals surface area contributed by atoms with Crippen LogP contribution in [0.5, 0.6) is 0 Å². The molecule has 136 valence electrons. The molecule has 3 aliphatic rings. The van der Waals surface area contributed by atoms with Gasteiger partial charge in [-0.15, -0.1) is 0 Å². The molecule has 3 aromatic rings. The molecule has 0 spiro atoms. The van der Waals surface area contributed by atoms with E-state index in [-0.39, 0.29) is 0 Å². The van der Waals surface area contributed by atoms with E-state index in [2.05, 4.69) is 40.1 Å². The van der Waals surface area contributed by atoms with Gasteiger partial charge in [-0.25, -0.2) is 9.97 Å². The quantitative estimate of drug-likeness (QED) is 0.717. The second-order valence-electron chi connectivity index (χ2n) is 7.73. The molecule has 27 heavy (non-hydrogen) atoms. The Labute approximate surface area is 157 Å². The second kappa shape index (κ2) is 5.89. The van der Waals surface area contributed by atoms with E-state index in [1.807, 2.05) is 18.5 Å². The molecule has 0 N–H and O–H groups in total. The van der Waals surface area contributed by atoms with Gasteiger partial charge in [-0.2, -0.15) is 0 Å². The van der Waals surface area contributed by atoms with Crippen LogP contribution in [-0.2, 0) is 4.74 Å². The smallest absolute Gasteiger partial charge is 0.151 e. The fourth-order valence-corrected chi connectivity index (χ4v) is 4.58. The van der Waals surface area contributed by atoms with Crippen LogP contribution >= 0.6 is 0 Å². The Morgan fingerprint density at radius 3 is 2.70 bits per heavy atom. The highest BCUT2D eigenvalue weighted by molar-refractivity contribution is 5.80. The Balaban J connectivity index is 1.23. The number of aromatic nitrogens is 3. The molecule has 6 nitrogen and oxygen atoms in total. The van der Waals surface area contributed by atoms with Crippen molar-refractivity contribution in [3.05, 3.63) is 54.5 Å². The number of benzene rings is 1. The number of para-hydroxylation sites is 1. The van der Waals surface area contributed by atoms with Crippen LogP contribution in [0.1, 0.15) is 18.0 Å². The van der Waals surface area contributed by atoms with Gasteiger partial charge in [0.25, 0.3) is 0 Å². The fourth-order valence-electron chi connectivity index (χ4n) is 4.58. The van der Waals surface area contributed by atoms with Gasteiger partial charge in [-0.3, -0.25) is 4.98 Å². The molecule has 2 aromatic heterocycles. The van der Waals surface area contributed by atoms with Crippen molar-refractivity contribution in [2.24, 2.45) is 0 Å². The molecule has 3 saturated heterocycles. The Bertz CT molecular complexity index is 1000. The highest BCUT2D eigenvalue weighted by Gasteiger charge is 2.42. The van der Waals surface area contributed by atoms with Crippen LogP contribution < -0.4 is 9.80 Å². The fraction of sp³-hybridized carbons (Fsp3) is 0.381. The van der Waals surface area contributed by atoms with Gasteiger partial charge in [0.05, 0.1) is 30.0 Å². The minimum Gasteiger partial charge on any atom is -0.374 e. The molecular weight excluding hydrogens is 338 g/mol. The molecule has 6 rings (SSSR count). The summed E-state index contributed by atoms with van der Waals surface area (Å²) in [6.45, 7) is 3.64. The first kappa shape index (κ1) is 15.3. The number of hydrogen-bond donors (Lipinski definition) is 0. The molecule has 0 saturated carbocycles. The van der Waals surface area contributed by atoms with Gasteiger partial charge < -0.3 is 14.5 Å². The third kappa shape index (κ3) is 2.47. The van der Waals surface area contributed by atoms with Gasteiger partial charge >= 0.3 is 0 Å². The molecule has 1 aromatic carbocycles. The molecule has 6 heteroatoms. The number of fused-ring (bicyclic) bond motifs is 3. The molecular formula is C21H21N5O. The largest absolute Gasteiger partial charge is 0.374 e. The van der Waals surface area contributed by atoms with E-state index < -0.39 is 0 Å². The van der Waals surface area contributed by atoms with E-state index in [0.717, 1.165) is 55.5 Å². The van der Waals surface area contributed by atoms with Gasteiger partial charge in [-0.1, -0.05) is 18.2 Å². The number of anilines is 2. The summed E-state index contributed by atoms with van der Waals surface area (Å²) < 4.78 is 5.75. The van der Waals surface area contributed by atoms with E-state index in [0.29, 0.717) is 18.1 Å². The van der Waals surface area contributed by atoms with E-state index in [1.54, 1.807) is 0 Å². The monoisotopic (exact) mass is 359 g/mol. The van der Waals surface area contributed by atoms with Gasteiger partial charge in [-0.05, 0) is 24.6 Å². The van der Waals surface area contributed by atoms with Gasteiger partial charge in [0, 0.05) is 43.3 Å². The number of pyridine rings is 1. The van der Waals surface area contributed by atoms with Crippen LogP contribution in [0.15, 0.2) is 48.8 Å². The summed E-state index contributed by atoms with van der Waals surface area (Å²) >= 11 is 0. The van der Waals surface area contributed by atoms with Crippen LogP contribution in [0.2, 0.25) is 0 Å². The van der Waals surface area contributed by atoms with Crippen molar-refractivity contribution in [1.29, 1.82) is 0 Å². The Morgan fingerprint density at radius 1 is 0.963 bits per heavy atom. The molecule has 0 unspecified atom stereocenters. The van der Waals surface area contributed by atoms with Crippen LogP contribution in [0.4, 0.5) is 11.6 Å². The lowest BCUT2D eigenvalue weighted by molar-refractivity contribution is 0.0987. The Hall–Kier alpha value is -2.73. The summed E-state index contributed by atoms with van der Waals surface area (Å²) in [4.78, 5) is 19.0. The SMILES string of the molecule is c1ccc2nc(N3CC(c4nccnc4N4C[C@@H]5C[C@H]4CO5)C3)ccc2c1. The van der Waals surface area contributed by atoms with E-state index >= 15 is 0 Å². The standard InChI is InChI=1S/C21H21N5O/c1-2-4-18-14(3-1)5-6-19(24-18)25-10-15(11-25)20-21(23-8-7-22-20)26-12-17-9-16(26)13-27-17/h1-8,15-17H,9-13H2/t16-,17-/m0/s1. The highest BCUT2D eigenvalue weighted by Crippen LogP contribution is 2.38. The normalized spacial score (nSPS) is 24.6. The summed E-state index contributed by atoms with van der Waals surface area (Å²) in [6, 6.07) is 13.0. The summed E-state index contributed by atoms with van der Waals surface area (Å²) in [5.74, 6) is 2.51. The minimum absolute atomic E-state index is 0.365. The zero-order chi connectivity index (χ0) is 17.8. The number of morpholine rings is 1. The number of rotatable bonds is 3. The maximum absolute atomic E-state index is 5.75. The molecule has 0 radical (unpaired) electrons. The summed E-state index contributed by atoms with van der Waals surface area (Å²) in [5, 5.41) is 1.18. The first-order valence-corrected chi connectivity index (χ1v) is 9.65. The number of ether oxygens (including phenoxy) is 1. The third-order valence-electron chi connectivity index (χ3n) is 6.05. The van der Waals surface area contributed by atoms with Crippen molar-refractivity contribution in [2.45, 2.75) is 24.5 Å². The summed E-state index contributed by atoms with van der Waals surface area (Å²) in [6.07, 6.45) is 5.12. The van der Waals surface area contributed by atoms with Crippen molar-refractivity contribution in [3.8, 4) is 0 Å². The molecule has 0 aliphatic carbocycles. The lowest BCUT2D eigenvalue weighted by Crippen LogP contribution is -2.47. The summed E-state index contributed by atoms with van der Waals surface area (Å²) in [7, 11) is 0. The van der Waals surface area contributed by atoms with Crippen LogP contribution in [0, 0.1) is 0 Å². The van der Waals surface area contributed by atoms with E-state index in [9.17, 15) is 0 Å². The van der Waals surface area contributed by atoms with Gasteiger partial charge in [0.15, 0.2) is 5.82 Å². The third-order valence-corrected chi connectivity index (χ3v) is 6.05. The Morgan fingerprint density at radius 2 is 1.85 bits per heavy atom. The van der Waals surface area contributed by atoms with E-state index in [4.69, 9.17) is 19.7 Å². The predicted molar refractivity (Wildman–Crippen MR) is 104 cm³/mol. The average Bonchev–Trinajstić information content (AvgIpc) is 3.31. The zero-order valence-electron chi connectivity index (χ0n) is 15.0. The van der Waals surface area contributed by atoms with Crippen molar-refractivity contribution in [2.75, 3.05) is 36.0 Å². The number of hydrogen-bond acceptors (Lipinski definition) is 6. The highest BCUT2D eigenvalue weighted by atomic mass is 16.5. The maximum Gasteiger partial charge on any atom is 0.151 e. The van der Waals surface area contributed by atoms with Crippen molar-refractivity contribution >= 4 is 22.5 Å². The second-order valence-corrected chi connectivity index (χ2v) is 7.73. The molecule has 2 atom stereocenters. The van der Waals surface area contributed by atoms with Crippen molar-refractivity contribution < 1.29 is 4.74 Å². The van der Waals surface area contributed by atoms with E-state index in [1.165, 1.54) is 5.39 Å². The minimum atomic E-state index is 0.365.